The van der Waals surface area contributed by atoms with Gasteiger partial charge >= 0.3 is 5.97 Å². The first-order chi connectivity index (χ1) is 12.7. The van der Waals surface area contributed by atoms with E-state index in [0.29, 0.717) is 5.69 Å². The van der Waals surface area contributed by atoms with Crippen molar-refractivity contribution in [1.82, 2.24) is 0 Å². The molecule has 0 atom stereocenters. The third-order valence-corrected chi connectivity index (χ3v) is 4.07. The van der Waals surface area contributed by atoms with Crippen molar-refractivity contribution in [3.63, 3.8) is 0 Å². The molecular weight excluding hydrogens is 348 g/mol. The van der Waals surface area contributed by atoms with E-state index in [4.69, 9.17) is 4.74 Å². The van der Waals surface area contributed by atoms with Crippen LogP contribution in [-0.4, -0.2) is 23.4 Å². The van der Waals surface area contributed by atoms with E-state index >= 15 is 0 Å². The average molecular weight is 370 g/mol. The zero-order valence-electron chi connectivity index (χ0n) is 15.7. The second-order valence-corrected chi connectivity index (χ2v) is 6.39. The zero-order valence-corrected chi connectivity index (χ0v) is 15.7. The molecule has 7 nitrogen and oxygen atoms in total. The number of rotatable bonds is 6. The maximum absolute atomic E-state index is 12.8. The minimum atomic E-state index is -0.714. The van der Waals surface area contributed by atoms with Crippen LogP contribution in [0.5, 0.6) is 0 Å². The van der Waals surface area contributed by atoms with Gasteiger partial charge in [-0.1, -0.05) is 32.0 Å². The van der Waals surface area contributed by atoms with Crippen molar-refractivity contribution in [2.45, 2.75) is 33.6 Å². The summed E-state index contributed by atoms with van der Waals surface area (Å²) in [4.78, 5) is 35.3. The van der Waals surface area contributed by atoms with Crippen LogP contribution in [0.3, 0.4) is 0 Å². The van der Waals surface area contributed by atoms with Gasteiger partial charge in [-0.2, -0.15) is 0 Å². The molecule has 0 fully saturated rings. The Hall–Kier alpha value is -3.22. The lowest BCUT2D eigenvalue weighted by atomic mass is 9.98. The Morgan fingerprint density at radius 1 is 1.19 bits per heavy atom. The summed E-state index contributed by atoms with van der Waals surface area (Å²) in [5, 5.41) is 14.0. The van der Waals surface area contributed by atoms with Crippen LogP contribution < -0.4 is 5.32 Å². The van der Waals surface area contributed by atoms with Crippen molar-refractivity contribution in [3.8, 4) is 0 Å². The van der Waals surface area contributed by atoms with Gasteiger partial charge in [0.1, 0.15) is 0 Å². The Morgan fingerprint density at radius 2 is 1.85 bits per heavy atom. The minimum absolute atomic E-state index is 0.0187. The fourth-order valence-electron chi connectivity index (χ4n) is 2.71. The lowest BCUT2D eigenvalue weighted by Gasteiger charge is -2.16. The number of para-hydroxylation sites is 1. The number of nitrogens with one attached hydrogen (secondary N) is 1. The highest BCUT2D eigenvalue weighted by atomic mass is 16.6. The van der Waals surface area contributed by atoms with Crippen molar-refractivity contribution in [3.05, 3.63) is 68.8 Å². The van der Waals surface area contributed by atoms with Gasteiger partial charge in [0.25, 0.3) is 11.6 Å². The molecule has 1 amide bonds. The maximum Gasteiger partial charge on any atom is 0.338 e. The normalized spacial score (nSPS) is 10.6. The van der Waals surface area contributed by atoms with E-state index in [2.05, 4.69) is 5.32 Å². The fraction of sp³-hybridized carbons (Fsp3) is 0.300. The molecule has 2 rings (SSSR count). The molecule has 27 heavy (non-hydrogen) atoms. The Labute approximate surface area is 157 Å². The van der Waals surface area contributed by atoms with Gasteiger partial charge in [-0.05, 0) is 37.0 Å². The number of esters is 1. The molecule has 0 saturated carbocycles. The molecule has 0 aromatic heterocycles. The summed E-state index contributed by atoms with van der Waals surface area (Å²) in [6, 6.07) is 9.25. The smallest absolute Gasteiger partial charge is 0.338 e. The van der Waals surface area contributed by atoms with Crippen LogP contribution in [0.25, 0.3) is 0 Å². The molecule has 0 saturated heterocycles. The predicted molar refractivity (Wildman–Crippen MR) is 102 cm³/mol. The van der Waals surface area contributed by atoms with E-state index in [9.17, 15) is 19.7 Å². The molecule has 0 spiro atoms. The van der Waals surface area contributed by atoms with Crippen molar-refractivity contribution in [2.75, 3.05) is 11.9 Å². The zero-order chi connectivity index (χ0) is 20.1. The van der Waals surface area contributed by atoms with Crippen molar-refractivity contribution < 1.29 is 19.2 Å². The van der Waals surface area contributed by atoms with Gasteiger partial charge in [0.2, 0.25) is 0 Å². The van der Waals surface area contributed by atoms with E-state index in [1.54, 1.807) is 6.92 Å². The predicted octanol–water partition coefficient (Wildman–Crippen LogP) is 4.46. The third-order valence-electron chi connectivity index (χ3n) is 4.07. The topological polar surface area (TPSA) is 98.5 Å². The van der Waals surface area contributed by atoms with Crippen LogP contribution in [0.1, 0.15) is 58.5 Å². The molecule has 142 valence electrons. The molecule has 0 aliphatic rings. The molecule has 1 N–H and O–H groups in total. The SMILES string of the molecule is CCOC(=O)c1cc(C(=O)Nc2c(C)cccc2C(C)C)cc([N+](=O)[O-])c1. The van der Waals surface area contributed by atoms with Crippen molar-refractivity contribution >= 4 is 23.3 Å². The number of nitro groups is 1. The first-order valence-electron chi connectivity index (χ1n) is 8.62. The number of nitrogens with zero attached hydrogens (tertiary/aromatic N) is 1. The maximum atomic E-state index is 12.8. The summed E-state index contributed by atoms with van der Waals surface area (Å²) in [5.74, 6) is -1.06. The highest BCUT2D eigenvalue weighted by Crippen LogP contribution is 2.28. The second-order valence-electron chi connectivity index (χ2n) is 6.39. The lowest BCUT2D eigenvalue weighted by Crippen LogP contribution is -2.16. The molecule has 2 aromatic rings. The first-order valence-corrected chi connectivity index (χ1v) is 8.62. The summed E-state index contributed by atoms with van der Waals surface area (Å²) >= 11 is 0. The molecule has 0 unspecified atom stereocenters. The molecule has 0 radical (unpaired) electrons. The number of amides is 1. The largest absolute Gasteiger partial charge is 0.462 e. The monoisotopic (exact) mass is 370 g/mol. The van der Waals surface area contributed by atoms with Crippen LogP contribution in [0.4, 0.5) is 11.4 Å². The van der Waals surface area contributed by atoms with Gasteiger partial charge in [-0.15, -0.1) is 0 Å². The summed E-state index contributed by atoms with van der Waals surface area (Å²) in [6.45, 7) is 7.66. The Kier molecular flexibility index (Phi) is 6.28. The number of ether oxygens (including phenoxy) is 1. The van der Waals surface area contributed by atoms with Crippen LogP contribution in [-0.2, 0) is 4.74 Å². The number of benzene rings is 2. The summed E-state index contributed by atoms with van der Waals surface area (Å²) in [5.41, 5.74) is 2.14. The minimum Gasteiger partial charge on any atom is -0.462 e. The van der Waals surface area contributed by atoms with Gasteiger partial charge in [0, 0.05) is 23.4 Å². The molecule has 0 aliphatic carbocycles. The quantitative estimate of drug-likeness (QED) is 0.460. The lowest BCUT2D eigenvalue weighted by molar-refractivity contribution is -0.384. The number of non-ortho nitro benzene ring substituents is 1. The van der Waals surface area contributed by atoms with Crippen LogP contribution in [0.2, 0.25) is 0 Å². The molecule has 0 heterocycles. The molecule has 0 bridgehead atoms. The van der Waals surface area contributed by atoms with Crippen LogP contribution >= 0.6 is 0 Å². The number of hydrogen-bond acceptors (Lipinski definition) is 5. The number of carbonyl (C=O) groups is 2. The number of aryl methyl sites for hydroxylation is 1. The summed E-state index contributed by atoms with van der Waals surface area (Å²) < 4.78 is 4.89. The van der Waals surface area contributed by atoms with Crippen LogP contribution in [0, 0.1) is 17.0 Å². The Balaban J connectivity index is 2.45. The molecule has 2 aromatic carbocycles. The highest BCUT2D eigenvalue weighted by Gasteiger charge is 2.20. The van der Waals surface area contributed by atoms with Crippen molar-refractivity contribution in [1.29, 1.82) is 0 Å². The standard InChI is InChI=1S/C20H22N2O5/c1-5-27-20(24)15-9-14(10-16(11-15)22(25)26)19(23)21-18-13(4)7-6-8-17(18)12(2)3/h6-12H,5H2,1-4H3,(H,21,23). The number of hydrogen-bond donors (Lipinski definition) is 1. The fourth-order valence-corrected chi connectivity index (χ4v) is 2.71. The van der Waals surface area contributed by atoms with Gasteiger partial charge < -0.3 is 10.1 Å². The molecule has 7 heteroatoms. The Bertz CT molecular complexity index is 890. The Morgan fingerprint density at radius 3 is 2.44 bits per heavy atom. The van der Waals surface area contributed by atoms with E-state index in [1.807, 2.05) is 39.0 Å². The summed E-state index contributed by atoms with van der Waals surface area (Å²) in [7, 11) is 0. The van der Waals surface area contributed by atoms with E-state index < -0.39 is 16.8 Å². The molecule has 0 aliphatic heterocycles. The first kappa shape index (κ1) is 20.1. The van der Waals surface area contributed by atoms with Gasteiger partial charge in [-0.25, -0.2) is 4.79 Å². The number of anilines is 1. The summed E-state index contributed by atoms with van der Waals surface area (Å²) in [6.07, 6.45) is 0. The van der Waals surface area contributed by atoms with E-state index in [1.165, 1.54) is 6.07 Å². The van der Waals surface area contributed by atoms with Gasteiger partial charge in [0.15, 0.2) is 0 Å². The van der Waals surface area contributed by atoms with Gasteiger partial charge in [0.05, 0.1) is 17.1 Å². The van der Waals surface area contributed by atoms with Crippen LogP contribution in [0.15, 0.2) is 36.4 Å². The van der Waals surface area contributed by atoms with Crippen molar-refractivity contribution in [2.24, 2.45) is 0 Å². The average Bonchev–Trinajstić information content (AvgIpc) is 2.62. The van der Waals surface area contributed by atoms with E-state index in [0.717, 1.165) is 23.3 Å². The highest BCUT2D eigenvalue weighted by molar-refractivity contribution is 6.07. The third kappa shape index (κ3) is 4.69. The second kappa shape index (κ2) is 8.44. The van der Waals surface area contributed by atoms with E-state index in [-0.39, 0.29) is 29.3 Å². The number of nitro benzene ring substituents is 1. The van der Waals surface area contributed by atoms with Gasteiger partial charge in [-0.3, -0.25) is 14.9 Å². The molecular formula is C20H22N2O5. The number of carbonyl (C=O) groups excluding carboxylic acids is 2.